The van der Waals surface area contributed by atoms with Crippen molar-refractivity contribution < 1.29 is 9.21 Å². The van der Waals surface area contributed by atoms with Gasteiger partial charge in [0.05, 0.1) is 0 Å². The number of benzene rings is 1. The van der Waals surface area contributed by atoms with Crippen LogP contribution in [-0.4, -0.2) is 17.4 Å². The van der Waals surface area contributed by atoms with Crippen molar-refractivity contribution in [3.05, 3.63) is 51.9 Å². The molecule has 2 aromatic rings. The van der Waals surface area contributed by atoms with Gasteiger partial charge in [0.25, 0.3) is 5.91 Å². The number of fused-ring (bicyclic) bond motifs is 1. The van der Waals surface area contributed by atoms with Crippen LogP contribution in [0.15, 0.2) is 39.4 Å². The van der Waals surface area contributed by atoms with Gasteiger partial charge in [-0.2, -0.15) is 0 Å². The first-order valence-electron chi connectivity index (χ1n) is 6.06. The molecule has 0 unspecified atom stereocenters. The van der Waals surface area contributed by atoms with E-state index in [0.29, 0.717) is 23.5 Å². The Morgan fingerprint density at radius 2 is 2.16 bits per heavy atom. The van der Waals surface area contributed by atoms with Gasteiger partial charge in [-0.3, -0.25) is 4.79 Å². The van der Waals surface area contributed by atoms with Crippen LogP contribution < -0.4 is 5.73 Å². The molecule has 0 aliphatic carbocycles. The van der Waals surface area contributed by atoms with Gasteiger partial charge in [0.1, 0.15) is 0 Å². The Morgan fingerprint density at radius 1 is 1.32 bits per heavy atom. The molecule has 0 bridgehead atoms. The van der Waals surface area contributed by atoms with E-state index in [-0.39, 0.29) is 5.91 Å². The highest BCUT2D eigenvalue weighted by atomic mass is 79.9. The van der Waals surface area contributed by atoms with Crippen molar-refractivity contribution in [2.45, 2.75) is 13.0 Å². The number of furan rings is 1. The minimum absolute atomic E-state index is 0.0976. The number of rotatable bonds is 1. The van der Waals surface area contributed by atoms with Crippen LogP contribution in [-0.2, 0) is 13.0 Å². The van der Waals surface area contributed by atoms with Crippen molar-refractivity contribution in [1.82, 2.24) is 4.90 Å². The first kappa shape index (κ1) is 12.3. The third-order valence-electron chi connectivity index (χ3n) is 3.38. The average Bonchev–Trinajstić information content (AvgIpc) is 2.85. The number of hydrogen-bond donors (Lipinski definition) is 1. The molecule has 1 aromatic heterocycles. The van der Waals surface area contributed by atoms with E-state index in [1.807, 2.05) is 12.1 Å². The Morgan fingerprint density at radius 3 is 2.89 bits per heavy atom. The third kappa shape index (κ3) is 2.26. The Balaban J connectivity index is 1.86. The van der Waals surface area contributed by atoms with Crippen LogP contribution in [0.5, 0.6) is 0 Å². The zero-order chi connectivity index (χ0) is 13.4. The zero-order valence-electron chi connectivity index (χ0n) is 10.2. The second kappa shape index (κ2) is 4.74. The lowest BCUT2D eigenvalue weighted by molar-refractivity contribution is 0.0701. The highest BCUT2D eigenvalue weighted by Crippen LogP contribution is 2.26. The van der Waals surface area contributed by atoms with Crippen LogP contribution in [0, 0.1) is 0 Å². The molecule has 0 saturated carbocycles. The molecule has 0 fully saturated rings. The summed E-state index contributed by atoms with van der Waals surface area (Å²) in [6, 6.07) is 9.29. The van der Waals surface area contributed by atoms with Crippen molar-refractivity contribution in [3.8, 4) is 0 Å². The predicted octanol–water partition coefficient (Wildman–Crippen LogP) is 2.82. The van der Waals surface area contributed by atoms with Crippen LogP contribution in [0.1, 0.15) is 21.7 Å². The van der Waals surface area contributed by atoms with Gasteiger partial charge < -0.3 is 15.1 Å². The van der Waals surface area contributed by atoms with E-state index in [2.05, 4.69) is 22.0 Å². The molecule has 0 spiro atoms. The highest BCUT2D eigenvalue weighted by molar-refractivity contribution is 9.10. The van der Waals surface area contributed by atoms with E-state index in [0.717, 1.165) is 17.7 Å². The molecule has 4 nitrogen and oxygen atoms in total. The van der Waals surface area contributed by atoms with Crippen molar-refractivity contribution in [2.24, 2.45) is 0 Å². The number of halogens is 1. The molecule has 19 heavy (non-hydrogen) atoms. The standard InChI is InChI=1S/C14H13BrN2O2/c15-13-5-4-12(19-13)14(18)17-7-6-9-2-1-3-11(16)10(9)8-17/h1-5H,6-8,16H2. The van der Waals surface area contributed by atoms with Crippen LogP contribution in [0.2, 0.25) is 0 Å². The number of anilines is 1. The lowest BCUT2D eigenvalue weighted by atomic mass is 9.98. The van der Waals surface area contributed by atoms with Crippen LogP contribution >= 0.6 is 15.9 Å². The number of nitrogens with zero attached hydrogens (tertiary/aromatic N) is 1. The number of carbonyl (C=O) groups is 1. The lowest BCUT2D eigenvalue weighted by Gasteiger charge is -2.29. The second-order valence-corrected chi connectivity index (χ2v) is 5.35. The number of nitrogen functional groups attached to an aromatic ring is 1. The molecule has 1 aromatic carbocycles. The number of carbonyl (C=O) groups excluding carboxylic acids is 1. The average molecular weight is 321 g/mol. The van der Waals surface area contributed by atoms with Crippen LogP contribution in [0.25, 0.3) is 0 Å². The largest absolute Gasteiger partial charge is 0.444 e. The van der Waals surface area contributed by atoms with E-state index in [9.17, 15) is 4.79 Å². The smallest absolute Gasteiger partial charge is 0.289 e. The quantitative estimate of drug-likeness (QED) is 0.822. The first-order chi connectivity index (χ1) is 9.15. The maximum Gasteiger partial charge on any atom is 0.289 e. The molecule has 2 heterocycles. The van der Waals surface area contributed by atoms with Crippen molar-refractivity contribution in [1.29, 1.82) is 0 Å². The minimum atomic E-state index is -0.0976. The molecule has 3 rings (SSSR count). The molecule has 0 atom stereocenters. The summed E-state index contributed by atoms with van der Waals surface area (Å²) in [6.45, 7) is 1.23. The topological polar surface area (TPSA) is 59.5 Å². The van der Waals surface area contributed by atoms with Gasteiger partial charge in [-0.15, -0.1) is 0 Å². The molecule has 1 aliphatic heterocycles. The van der Waals surface area contributed by atoms with E-state index in [1.54, 1.807) is 17.0 Å². The van der Waals surface area contributed by atoms with E-state index < -0.39 is 0 Å². The summed E-state index contributed by atoms with van der Waals surface area (Å²) >= 11 is 3.20. The summed E-state index contributed by atoms with van der Waals surface area (Å²) in [5.74, 6) is 0.254. The molecular weight excluding hydrogens is 308 g/mol. The number of nitrogens with two attached hydrogens (primary N) is 1. The van der Waals surface area contributed by atoms with Crippen molar-refractivity contribution in [3.63, 3.8) is 0 Å². The monoisotopic (exact) mass is 320 g/mol. The van der Waals surface area contributed by atoms with E-state index >= 15 is 0 Å². The van der Waals surface area contributed by atoms with Crippen molar-refractivity contribution >= 4 is 27.5 Å². The molecule has 0 radical (unpaired) electrons. The normalized spacial score (nSPS) is 14.3. The molecule has 2 N–H and O–H groups in total. The number of hydrogen-bond acceptors (Lipinski definition) is 3. The fraction of sp³-hybridized carbons (Fsp3) is 0.214. The summed E-state index contributed by atoms with van der Waals surface area (Å²) in [5, 5.41) is 0. The fourth-order valence-electron chi connectivity index (χ4n) is 2.37. The van der Waals surface area contributed by atoms with Gasteiger partial charge >= 0.3 is 0 Å². The van der Waals surface area contributed by atoms with Gasteiger partial charge in [0, 0.05) is 18.8 Å². The van der Waals surface area contributed by atoms with Gasteiger partial charge in [0.15, 0.2) is 10.4 Å². The molecule has 5 heteroatoms. The first-order valence-corrected chi connectivity index (χ1v) is 6.85. The summed E-state index contributed by atoms with van der Waals surface area (Å²) in [4.78, 5) is 14.1. The Bertz CT molecular complexity index is 636. The Hall–Kier alpha value is -1.75. The maximum atomic E-state index is 12.3. The molecule has 1 amide bonds. The van der Waals surface area contributed by atoms with E-state index in [1.165, 1.54) is 5.56 Å². The molecule has 1 aliphatic rings. The van der Waals surface area contributed by atoms with Gasteiger partial charge in [-0.05, 0) is 51.7 Å². The summed E-state index contributed by atoms with van der Waals surface area (Å²) in [7, 11) is 0. The predicted molar refractivity (Wildman–Crippen MR) is 75.7 cm³/mol. The number of amides is 1. The van der Waals surface area contributed by atoms with Crippen LogP contribution in [0.3, 0.4) is 0 Å². The fourth-order valence-corrected chi connectivity index (χ4v) is 2.67. The highest BCUT2D eigenvalue weighted by Gasteiger charge is 2.24. The summed E-state index contributed by atoms with van der Waals surface area (Å²) < 4.78 is 5.87. The lowest BCUT2D eigenvalue weighted by Crippen LogP contribution is -2.36. The van der Waals surface area contributed by atoms with Crippen molar-refractivity contribution in [2.75, 3.05) is 12.3 Å². The summed E-state index contributed by atoms with van der Waals surface area (Å²) in [6.07, 6.45) is 0.827. The van der Waals surface area contributed by atoms with Gasteiger partial charge in [-0.25, -0.2) is 0 Å². The molecule has 98 valence electrons. The zero-order valence-corrected chi connectivity index (χ0v) is 11.8. The second-order valence-electron chi connectivity index (χ2n) is 4.57. The Labute approximate surface area is 119 Å². The third-order valence-corrected chi connectivity index (χ3v) is 3.81. The SMILES string of the molecule is Nc1cccc2c1CN(C(=O)c1ccc(Br)o1)CC2. The minimum Gasteiger partial charge on any atom is -0.444 e. The van der Waals surface area contributed by atoms with Gasteiger partial charge in [-0.1, -0.05) is 12.1 Å². The van der Waals surface area contributed by atoms with Crippen LogP contribution in [0.4, 0.5) is 5.69 Å². The van der Waals surface area contributed by atoms with Gasteiger partial charge in [0.2, 0.25) is 0 Å². The maximum absolute atomic E-state index is 12.3. The molecular formula is C14H13BrN2O2. The summed E-state index contributed by atoms with van der Waals surface area (Å²) in [5.41, 5.74) is 9.00. The molecule has 0 saturated heterocycles. The van der Waals surface area contributed by atoms with E-state index in [4.69, 9.17) is 10.2 Å². The Kier molecular flexibility index (Phi) is 3.06.